The Balaban J connectivity index is 0.000000163. The number of sulfone groups is 1. The smallest absolute Gasteiger partial charge is 0.282 e. The van der Waals surface area contributed by atoms with E-state index in [1.807, 2.05) is 60.7 Å². The molecule has 412 valence electrons. The summed E-state index contributed by atoms with van der Waals surface area (Å²) in [5.74, 6) is 0.158. The molecule has 4 aromatic carbocycles. The molecule has 1 atom stereocenters. The number of carbonyl (C=O) groups is 4. The van der Waals surface area contributed by atoms with Gasteiger partial charge in [0, 0.05) is 148 Å². The van der Waals surface area contributed by atoms with E-state index in [4.69, 9.17) is 10.7 Å². The summed E-state index contributed by atoms with van der Waals surface area (Å²) in [6.07, 6.45) is 7.64. The summed E-state index contributed by atoms with van der Waals surface area (Å²) in [4.78, 5) is 72.1. The maximum Gasteiger partial charge on any atom is 0.282 e. The van der Waals surface area contributed by atoms with Gasteiger partial charge in [-0.1, -0.05) is 49.9 Å². The van der Waals surface area contributed by atoms with Crippen LogP contribution in [0.3, 0.4) is 0 Å². The van der Waals surface area contributed by atoms with Gasteiger partial charge in [-0.15, -0.1) is 22.7 Å². The van der Waals surface area contributed by atoms with Crippen LogP contribution in [0.1, 0.15) is 88.9 Å². The van der Waals surface area contributed by atoms with Crippen LogP contribution in [0.2, 0.25) is 0 Å². The van der Waals surface area contributed by atoms with E-state index in [0.717, 1.165) is 101 Å². The fourth-order valence-corrected chi connectivity index (χ4v) is 14.7. The van der Waals surface area contributed by atoms with E-state index >= 15 is 0 Å². The third-order valence-corrected chi connectivity index (χ3v) is 20.2. The van der Waals surface area contributed by atoms with Crippen LogP contribution in [0.25, 0.3) is 0 Å². The van der Waals surface area contributed by atoms with E-state index in [-0.39, 0.29) is 36.0 Å². The van der Waals surface area contributed by atoms with Gasteiger partial charge in [-0.05, 0) is 103 Å². The van der Waals surface area contributed by atoms with Crippen LogP contribution in [-0.2, 0) is 31.7 Å². The largest absolute Gasteiger partial charge is 0.385 e. The molecule has 7 heterocycles. The van der Waals surface area contributed by atoms with Crippen LogP contribution in [0.15, 0.2) is 130 Å². The quantitative estimate of drug-likeness (QED) is 0.142. The fourth-order valence-electron chi connectivity index (χ4n) is 10.8. The molecule has 0 spiro atoms. The molecule has 0 bridgehead atoms. The van der Waals surface area contributed by atoms with Crippen molar-refractivity contribution in [2.45, 2.75) is 66.7 Å². The number of piperazine rings is 2. The number of amides is 4. The number of hydrogen-bond acceptors (Lipinski definition) is 15. The second kappa shape index (κ2) is 24.9. The Kier molecular flexibility index (Phi) is 18.1. The zero-order valence-electron chi connectivity index (χ0n) is 42.4. The van der Waals surface area contributed by atoms with Gasteiger partial charge < -0.3 is 24.9 Å². The molecule has 12 rings (SSSR count). The maximum absolute atomic E-state index is 13.3. The zero-order valence-corrected chi connectivity index (χ0v) is 46.4. The number of nitrogens with one attached hydrogen (secondary N) is 1. The van der Waals surface area contributed by atoms with Crippen LogP contribution in [-0.4, -0.2) is 177 Å². The van der Waals surface area contributed by atoms with Crippen molar-refractivity contribution in [2.75, 3.05) is 90.4 Å². The molecule has 22 heteroatoms. The Labute approximate surface area is 469 Å². The summed E-state index contributed by atoms with van der Waals surface area (Å²) in [6.45, 7) is 9.97. The Bertz CT molecular complexity index is 3270. The number of nitrogens with zero attached hydrogens (tertiary/aromatic N) is 8. The van der Waals surface area contributed by atoms with Gasteiger partial charge in [0.2, 0.25) is 0 Å². The van der Waals surface area contributed by atoms with Gasteiger partial charge in [0.05, 0.1) is 15.0 Å². The van der Waals surface area contributed by atoms with E-state index in [9.17, 15) is 36.0 Å². The molecule has 4 amide bonds. The van der Waals surface area contributed by atoms with Crippen molar-refractivity contribution in [1.82, 2.24) is 39.4 Å². The summed E-state index contributed by atoms with van der Waals surface area (Å²) in [6, 6.07) is 28.8. The first-order valence-electron chi connectivity index (χ1n) is 25.9. The number of rotatable bonds is 9. The molecule has 2 aromatic heterocycles. The molecule has 17 nitrogen and oxygen atoms in total. The first-order chi connectivity index (χ1) is 37.2. The van der Waals surface area contributed by atoms with E-state index in [2.05, 4.69) is 31.2 Å². The minimum atomic E-state index is -3.53. The molecule has 4 saturated heterocycles. The second-order valence-corrected chi connectivity index (χ2v) is 26.3. The molecule has 6 aromatic rings. The van der Waals surface area contributed by atoms with Gasteiger partial charge in [-0.25, -0.2) is 26.8 Å². The topological polar surface area (TPSA) is 194 Å². The van der Waals surface area contributed by atoms with E-state index in [0.29, 0.717) is 65.2 Å². The number of aromatic nitrogens is 2. The molecule has 0 saturated carbocycles. The van der Waals surface area contributed by atoms with Crippen molar-refractivity contribution < 1.29 is 36.0 Å². The standard InChI is InChI=1S/C28H30N4O4S2.C21H25N5O2S.C6H5ClO2S.CH4/c33-27(32-18-22(19-32)30-12-14-31(15-13-30)28(34)26-29-11-16-37-26)21-9-10-24-20(17-21)5-4-8-25(24)38(35,36)23-6-2-1-3-7-23;27-20(16-3-4-18-15(12-16)2-1-5-22-18)26-13-17(14-26)24-7-9-25(10-8-24)21(28)19-23-6-11-29-19;7-10(8,9)6-4-2-1-3-5-6;/h1-3,6-7,9-11,16-17,22,25H,4-5,8,12-15,18-19H2;3-4,6,11-12,17,22H,1-2,5,7-10,13-14H2;1-5H;1H4. The lowest BCUT2D eigenvalue weighted by Crippen LogP contribution is -2.64. The van der Waals surface area contributed by atoms with Gasteiger partial charge in [0.25, 0.3) is 32.7 Å². The zero-order chi connectivity index (χ0) is 53.7. The van der Waals surface area contributed by atoms with Crippen LogP contribution in [0.5, 0.6) is 0 Å². The highest BCUT2D eigenvalue weighted by Crippen LogP contribution is 2.40. The van der Waals surface area contributed by atoms with Crippen LogP contribution in [0, 0.1) is 0 Å². The number of aryl methyl sites for hydroxylation is 2. The summed E-state index contributed by atoms with van der Waals surface area (Å²) >= 11 is 2.76. The van der Waals surface area contributed by atoms with Crippen molar-refractivity contribution in [2.24, 2.45) is 0 Å². The average Bonchev–Trinajstić information content (AvgIpc) is 4.26. The first kappa shape index (κ1) is 56.6. The third-order valence-electron chi connectivity index (χ3n) is 15.2. The molecule has 5 aliphatic heterocycles. The number of hydrogen-bond donors (Lipinski definition) is 1. The number of halogens is 1. The van der Waals surface area contributed by atoms with Crippen molar-refractivity contribution in [3.8, 4) is 0 Å². The monoisotopic (exact) mass is 1150 g/mol. The SMILES string of the molecule is C.O=C(c1ccc2c(c1)CCCC2S(=O)(=O)c1ccccc1)N1CC(N2CCN(C(=O)c3nccs3)CC2)C1.O=C(c1ccc2c(c1)CCCN2)N1CC(N2CCN(C(=O)c3nccs3)CC2)C1.O=S(=O)(Cl)c1ccccc1. The maximum atomic E-state index is 13.3. The first-order valence-corrected chi connectivity index (χ1v) is 31.5. The Hall–Kier alpha value is -6.07. The van der Waals surface area contributed by atoms with Crippen molar-refractivity contribution in [3.63, 3.8) is 0 Å². The molecule has 78 heavy (non-hydrogen) atoms. The minimum Gasteiger partial charge on any atom is -0.385 e. The second-order valence-electron chi connectivity index (χ2n) is 19.9. The van der Waals surface area contributed by atoms with Gasteiger partial charge in [-0.2, -0.15) is 0 Å². The van der Waals surface area contributed by atoms with E-state index in [1.54, 1.807) is 60.9 Å². The normalized spacial score (nSPS) is 18.9. The fraction of sp³-hybridized carbons (Fsp3) is 0.393. The summed E-state index contributed by atoms with van der Waals surface area (Å²) in [7, 11) is -1.99. The van der Waals surface area contributed by atoms with Crippen molar-refractivity contribution >= 4 is 81.6 Å². The highest BCUT2D eigenvalue weighted by Gasteiger charge is 2.40. The lowest BCUT2D eigenvalue weighted by atomic mass is 9.89. The molecule has 4 fully saturated rings. The molecular weight excluding hydrogens is 1090 g/mol. The number of fused-ring (bicyclic) bond motifs is 2. The summed E-state index contributed by atoms with van der Waals surface area (Å²) < 4.78 is 47.9. The number of benzene rings is 4. The van der Waals surface area contributed by atoms with Gasteiger partial charge >= 0.3 is 0 Å². The predicted octanol–water partition coefficient (Wildman–Crippen LogP) is 7.31. The molecule has 1 unspecified atom stereocenters. The minimum absolute atomic E-state index is 0. The average molecular weight is 1150 g/mol. The van der Waals surface area contributed by atoms with Crippen molar-refractivity contribution in [3.05, 3.63) is 158 Å². The van der Waals surface area contributed by atoms with E-state index in [1.165, 1.54) is 46.1 Å². The van der Waals surface area contributed by atoms with E-state index < -0.39 is 24.1 Å². The molecule has 1 N–H and O–H groups in total. The number of carbonyl (C=O) groups excluding carboxylic acids is 4. The Morgan fingerprint density at radius 1 is 0.551 bits per heavy atom. The molecule has 1 aliphatic carbocycles. The summed E-state index contributed by atoms with van der Waals surface area (Å²) in [5, 5.41) is 7.57. The van der Waals surface area contributed by atoms with Crippen molar-refractivity contribution in [1.29, 1.82) is 0 Å². The molecule has 6 aliphatic rings. The Morgan fingerprint density at radius 2 is 1.03 bits per heavy atom. The number of thiazole rings is 2. The number of anilines is 1. The third kappa shape index (κ3) is 12.8. The highest BCUT2D eigenvalue weighted by molar-refractivity contribution is 8.13. The highest BCUT2D eigenvalue weighted by atomic mass is 35.7. The predicted molar refractivity (Wildman–Crippen MR) is 304 cm³/mol. The van der Waals surface area contributed by atoms with Gasteiger partial charge in [0.15, 0.2) is 19.9 Å². The van der Waals surface area contributed by atoms with Crippen LogP contribution >= 0.6 is 33.4 Å². The van der Waals surface area contributed by atoms with Gasteiger partial charge in [-0.3, -0.25) is 29.0 Å². The lowest BCUT2D eigenvalue weighted by Gasteiger charge is -2.48. The van der Waals surface area contributed by atoms with Gasteiger partial charge in [0.1, 0.15) is 0 Å². The Morgan fingerprint density at radius 3 is 1.50 bits per heavy atom. The lowest BCUT2D eigenvalue weighted by molar-refractivity contribution is 0.00805. The van der Waals surface area contributed by atoms with Crippen LogP contribution < -0.4 is 5.32 Å². The molecule has 0 radical (unpaired) electrons. The number of likely N-dealkylation sites (tertiary alicyclic amines) is 2. The molecular formula is C56H64ClN9O8S4. The van der Waals surface area contributed by atoms with Crippen LogP contribution in [0.4, 0.5) is 5.69 Å². The summed E-state index contributed by atoms with van der Waals surface area (Å²) in [5.41, 5.74) is 5.62.